The first kappa shape index (κ1) is 19.1. The van der Waals surface area contributed by atoms with Crippen LogP contribution in [-0.4, -0.2) is 21.5 Å². The molecule has 3 aromatic rings. The molecule has 4 rings (SSSR count). The van der Waals surface area contributed by atoms with E-state index in [2.05, 4.69) is 20.3 Å². The van der Waals surface area contributed by atoms with Crippen LogP contribution < -0.4 is 10.2 Å². The van der Waals surface area contributed by atoms with Crippen molar-refractivity contribution in [1.82, 2.24) is 15.0 Å². The number of nitrogens with zero attached hydrogens (tertiary/aromatic N) is 4. The summed E-state index contributed by atoms with van der Waals surface area (Å²) >= 11 is 0. The van der Waals surface area contributed by atoms with Gasteiger partial charge in [-0.1, -0.05) is 6.07 Å². The SMILES string of the molecule is FCc1cccnc1N1CCc2c(ccnc2Nc2ccc(C(F)(F)F)cn2)C1. The molecule has 0 aromatic carbocycles. The largest absolute Gasteiger partial charge is 0.417 e. The van der Waals surface area contributed by atoms with Crippen molar-refractivity contribution < 1.29 is 17.6 Å². The lowest BCUT2D eigenvalue weighted by atomic mass is 10.0. The first-order valence-electron chi connectivity index (χ1n) is 8.97. The highest BCUT2D eigenvalue weighted by Gasteiger charge is 2.30. The smallest absolute Gasteiger partial charge is 0.352 e. The summed E-state index contributed by atoms with van der Waals surface area (Å²) in [6.45, 7) is 0.573. The number of aromatic nitrogens is 3. The van der Waals surface area contributed by atoms with E-state index in [1.165, 1.54) is 6.07 Å². The average molecular weight is 403 g/mol. The quantitative estimate of drug-likeness (QED) is 0.642. The van der Waals surface area contributed by atoms with Crippen LogP contribution in [0.2, 0.25) is 0 Å². The average Bonchev–Trinajstić information content (AvgIpc) is 2.73. The second-order valence-electron chi connectivity index (χ2n) is 6.64. The third-order valence-electron chi connectivity index (χ3n) is 4.79. The van der Waals surface area contributed by atoms with E-state index in [-0.39, 0.29) is 5.82 Å². The molecule has 0 fully saturated rings. The minimum absolute atomic E-state index is 0.283. The summed E-state index contributed by atoms with van der Waals surface area (Å²) in [4.78, 5) is 14.5. The van der Waals surface area contributed by atoms with Gasteiger partial charge in [0.15, 0.2) is 0 Å². The van der Waals surface area contributed by atoms with Crippen LogP contribution in [0.15, 0.2) is 48.9 Å². The van der Waals surface area contributed by atoms with Gasteiger partial charge in [0.2, 0.25) is 0 Å². The van der Waals surface area contributed by atoms with Gasteiger partial charge in [0.25, 0.3) is 0 Å². The molecule has 1 aliphatic heterocycles. The van der Waals surface area contributed by atoms with E-state index < -0.39 is 18.4 Å². The molecule has 0 bridgehead atoms. The molecule has 3 aromatic heterocycles. The zero-order valence-electron chi connectivity index (χ0n) is 15.2. The summed E-state index contributed by atoms with van der Waals surface area (Å²) in [6, 6.07) is 7.56. The first-order chi connectivity index (χ1) is 14.0. The Balaban J connectivity index is 1.56. The van der Waals surface area contributed by atoms with Gasteiger partial charge in [-0.25, -0.2) is 19.3 Å². The second kappa shape index (κ2) is 7.65. The molecule has 4 heterocycles. The van der Waals surface area contributed by atoms with Crippen molar-refractivity contribution in [3.63, 3.8) is 0 Å². The van der Waals surface area contributed by atoms with Gasteiger partial charge in [0.1, 0.15) is 24.1 Å². The topological polar surface area (TPSA) is 53.9 Å². The van der Waals surface area contributed by atoms with Crippen molar-refractivity contribution >= 4 is 17.5 Å². The predicted molar refractivity (Wildman–Crippen MR) is 101 cm³/mol. The first-order valence-corrected chi connectivity index (χ1v) is 8.97. The molecule has 150 valence electrons. The minimum atomic E-state index is -4.43. The van der Waals surface area contributed by atoms with Gasteiger partial charge in [-0.05, 0) is 36.2 Å². The number of anilines is 3. The number of hydrogen-bond donors (Lipinski definition) is 1. The van der Waals surface area contributed by atoms with Crippen LogP contribution in [-0.2, 0) is 25.8 Å². The summed E-state index contributed by atoms with van der Waals surface area (Å²) in [7, 11) is 0. The highest BCUT2D eigenvalue weighted by atomic mass is 19.4. The Labute approximate surface area is 164 Å². The van der Waals surface area contributed by atoms with Crippen molar-refractivity contribution in [3.8, 4) is 0 Å². The van der Waals surface area contributed by atoms with Crippen LogP contribution in [0.5, 0.6) is 0 Å². The maximum atomic E-state index is 13.3. The minimum Gasteiger partial charge on any atom is -0.352 e. The molecular formula is C20H17F4N5. The second-order valence-corrected chi connectivity index (χ2v) is 6.64. The normalized spacial score (nSPS) is 13.9. The number of alkyl halides is 4. The highest BCUT2D eigenvalue weighted by Crippen LogP contribution is 2.31. The van der Waals surface area contributed by atoms with Crippen LogP contribution in [0.4, 0.5) is 35.0 Å². The van der Waals surface area contributed by atoms with Gasteiger partial charge < -0.3 is 10.2 Å². The zero-order chi connectivity index (χ0) is 20.4. The molecule has 9 heteroatoms. The van der Waals surface area contributed by atoms with Gasteiger partial charge in [0, 0.05) is 42.8 Å². The fourth-order valence-electron chi connectivity index (χ4n) is 3.36. The molecule has 1 aliphatic rings. The van der Waals surface area contributed by atoms with E-state index in [4.69, 9.17) is 0 Å². The Hall–Kier alpha value is -3.23. The van der Waals surface area contributed by atoms with Crippen LogP contribution in [0, 0.1) is 0 Å². The van der Waals surface area contributed by atoms with Crippen molar-refractivity contribution in [2.75, 3.05) is 16.8 Å². The summed E-state index contributed by atoms with van der Waals surface area (Å²) in [6.07, 6.45) is 0.263. The van der Waals surface area contributed by atoms with Gasteiger partial charge in [0.05, 0.1) is 5.56 Å². The molecule has 0 spiro atoms. The van der Waals surface area contributed by atoms with Gasteiger partial charge >= 0.3 is 6.18 Å². The summed E-state index contributed by atoms with van der Waals surface area (Å²) in [5.74, 6) is 1.46. The van der Waals surface area contributed by atoms with Crippen molar-refractivity contribution in [3.05, 3.63) is 71.2 Å². The molecule has 0 radical (unpaired) electrons. The van der Waals surface area contributed by atoms with Gasteiger partial charge in [-0.3, -0.25) is 0 Å². The Morgan fingerprint density at radius 1 is 1.03 bits per heavy atom. The summed E-state index contributed by atoms with van der Waals surface area (Å²) in [5, 5.41) is 3.00. The lowest BCUT2D eigenvalue weighted by molar-refractivity contribution is -0.137. The standard InChI is InChI=1S/C20H17F4N5/c21-10-13-2-1-7-26-19(13)29-9-6-16-14(12-29)5-8-25-18(16)28-17-4-3-15(11-27-17)20(22,23)24/h1-5,7-8,11H,6,9-10,12H2,(H,25,27,28). The highest BCUT2D eigenvalue weighted by molar-refractivity contribution is 5.60. The fraction of sp³-hybridized carbons (Fsp3) is 0.250. The molecular weight excluding hydrogens is 386 g/mol. The number of nitrogens with one attached hydrogen (secondary N) is 1. The van der Waals surface area contributed by atoms with E-state index in [0.29, 0.717) is 36.7 Å². The van der Waals surface area contributed by atoms with Crippen LogP contribution in [0.3, 0.4) is 0 Å². The Bertz CT molecular complexity index is 1000. The van der Waals surface area contributed by atoms with Crippen molar-refractivity contribution in [1.29, 1.82) is 0 Å². The molecule has 0 atom stereocenters. The summed E-state index contributed by atoms with van der Waals surface area (Å²) < 4.78 is 51.4. The number of fused-ring (bicyclic) bond motifs is 1. The van der Waals surface area contributed by atoms with Crippen LogP contribution in [0.1, 0.15) is 22.3 Å². The maximum absolute atomic E-state index is 13.3. The molecule has 29 heavy (non-hydrogen) atoms. The number of halogens is 4. The fourth-order valence-corrected chi connectivity index (χ4v) is 3.36. The third-order valence-corrected chi connectivity index (χ3v) is 4.79. The Kier molecular flexibility index (Phi) is 5.04. The van der Waals surface area contributed by atoms with E-state index in [9.17, 15) is 17.6 Å². The van der Waals surface area contributed by atoms with E-state index >= 15 is 0 Å². The third kappa shape index (κ3) is 3.98. The molecule has 0 amide bonds. The van der Waals surface area contributed by atoms with Crippen molar-refractivity contribution in [2.45, 2.75) is 25.8 Å². The monoisotopic (exact) mass is 403 g/mol. The van der Waals surface area contributed by atoms with Gasteiger partial charge in [-0.2, -0.15) is 13.2 Å². The lowest BCUT2D eigenvalue weighted by Gasteiger charge is -2.31. The maximum Gasteiger partial charge on any atom is 0.417 e. The van der Waals surface area contributed by atoms with Crippen LogP contribution >= 0.6 is 0 Å². The van der Waals surface area contributed by atoms with E-state index in [1.807, 2.05) is 11.0 Å². The molecule has 0 unspecified atom stereocenters. The molecule has 0 aliphatic carbocycles. The Morgan fingerprint density at radius 3 is 2.62 bits per heavy atom. The molecule has 0 saturated heterocycles. The van der Waals surface area contributed by atoms with E-state index in [1.54, 1.807) is 24.5 Å². The van der Waals surface area contributed by atoms with E-state index in [0.717, 1.165) is 23.4 Å². The predicted octanol–water partition coefficient (Wildman–Crippen LogP) is 4.67. The summed E-state index contributed by atoms with van der Waals surface area (Å²) in [5.41, 5.74) is 1.69. The zero-order valence-corrected chi connectivity index (χ0v) is 15.2. The Morgan fingerprint density at radius 2 is 1.90 bits per heavy atom. The van der Waals surface area contributed by atoms with Gasteiger partial charge in [-0.15, -0.1) is 0 Å². The van der Waals surface area contributed by atoms with Crippen molar-refractivity contribution in [2.24, 2.45) is 0 Å². The lowest BCUT2D eigenvalue weighted by Crippen LogP contribution is -2.32. The van der Waals surface area contributed by atoms with Crippen LogP contribution in [0.25, 0.3) is 0 Å². The number of pyridine rings is 3. The molecule has 0 saturated carbocycles. The molecule has 5 nitrogen and oxygen atoms in total. The number of rotatable bonds is 4. The number of hydrogen-bond acceptors (Lipinski definition) is 5. The molecule has 1 N–H and O–H groups in total.